The Hall–Kier alpha value is -0.410. The molecular weight excluding hydrogens is 192 g/mol. The highest BCUT2D eigenvalue weighted by Crippen LogP contribution is 2.22. The molecule has 0 spiro atoms. The zero-order chi connectivity index (χ0) is 10.4. The predicted molar refractivity (Wildman–Crippen MR) is 62.6 cm³/mol. The highest BCUT2D eigenvalue weighted by atomic mass is 32.1. The van der Waals surface area contributed by atoms with E-state index >= 15 is 0 Å². The Kier molecular flexibility index (Phi) is 4.55. The Morgan fingerprint density at radius 3 is 2.79 bits per heavy atom. The van der Waals surface area contributed by atoms with Crippen molar-refractivity contribution in [1.82, 2.24) is 4.98 Å². The van der Waals surface area contributed by atoms with Crippen molar-refractivity contribution in [3.8, 4) is 0 Å². The minimum Gasteiger partial charge on any atom is -0.325 e. The lowest BCUT2D eigenvalue weighted by atomic mass is 9.87. The van der Waals surface area contributed by atoms with Gasteiger partial charge in [0.15, 0.2) is 0 Å². The van der Waals surface area contributed by atoms with Crippen LogP contribution in [0.15, 0.2) is 11.7 Å². The summed E-state index contributed by atoms with van der Waals surface area (Å²) in [6.45, 7) is 4.39. The maximum atomic E-state index is 6.35. The van der Waals surface area contributed by atoms with E-state index in [1.165, 1.54) is 17.7 Å². The molecule has 1 aromatic rings. The van der Waals surface area contributed by atoms with Crippen LogP contribution in [0.25, 0.3) is 0 Å². The van der Waals surface area contributed by atoms with Crippen molar-refractivity contribution in [3.63, 3.8) is 0 Å². The molecule has 0 radical (unpaired) electrons. The molecule has 0 fully saturated rings. The van der Waals surface area contributed by atoms with Crippen molar-refractivity contribution >= 4 is 11.3 Å². The number of hydrogen-bond acceptors (Lipinski definition) is 3. The summed E-state index contributed by atoms with van der Waals surface area (Å²) in [5, 5.41) is 0. The van der Waals surface area contributed by atoms with E-state index in [1.54, 1.807) is 11.3 Å². The number of nitrogens with two attached hydrogens (primary N) is 1. The molecule has 1 heterocycles. The normalized spacial score (nSPS) is 15.4. The molecule has 1 atom stereocenters. The lowest BCUT2D eigenvalue weighted by Gasteiger charge is -2.27. The summed E-state index contributed by atoms with van der Waals surface area (Å²) in [6.07, 6.45) is 7.54. The maximum Gasteiger partial charge on any atom is 0.0794 e. The Balaban J connectivity index is 2.52. The number of thiazole rings is 1. The minimum atomic E-state index is -0.0114. The quantitative estimate of drug-likeness (QED) is 0.787. The van der Waals surface area contributed by atoms with Crippen molar-refractivity contribution < 1.29 is 0 Å². The molecular formula is C11H20N2S. The monoisotopic (exact) mass is 212 g/mol. The fourth-order valence-electron chi connectivity index (χ4n) is 1.60. The molecule has 14 heavy (non-hydrogen) atoms. The largest absolute Gasteiger partial charge is 0.325 e. The zero-order valence-electron chi connectivity index (χ0n) is 9.12. The first-order chi connectivity index (χ1) is 6.70. The second kappa shape index (κ2) is 5.47. The maximum absolute atomic E-state index is 6.35. The zero-order valence-corrected chi connectivity index (χ0v) is 9.94. The molecule has 80 valence electrons. The Labute approximate surface area is 90.6 Å². The first-order valence-corrected chi connectivity index (χ1v) is 6.24. The number of unbranched alkanes of at least 4 members (excludes halogenated alkanes) is 1. The van der Waals surface area contributed by atoms with E-state index in [4.69, 9.17) is 5.73 Å². The van der Waals surface area contributed by atoms with Gasteiger partial charge in [0.25, 0.3) is 0 Å². The van der Waals surface area contributed by atoms with Gasteiger partial charge >= 0.3 is 0 Å². The predicted octanol–water partition coefficient (Wildman–Crippen LogP) is 2.98. The summed E-state index contributed by atoms with van der Waals surface area (Å²) in [4.78, 5) is 5.39. The van der Waals surface area contributed by atoms with Crippen LogP contribution >= 0.6 is 11.3 Å². The van der Waals surface area contributed by atoms with Gasteiger partial charge in [-0.15, -0.1) is 11.3 Å². The van der Waals surface area contributed by atoms with Gasteiger partial charge in [-0.05, 0) is 12.8 Å². The number of nitrogens with zero attached hydrogens (tertiary/aromatic N) is 1. The van der Waals surface area contributed by atoms with Gasteiger partial charge in [0, 0.05) is 23.0 Å². The third kappa shape index (κ3) is 3.39. The summed E-state index contributed by atoms with van der Waals surface area (Å²) in [5.41, 5.74) is 8.22. The van der Waals surface area contributed by atoms with Crippen LogP contribution in [0.1, 0.15) is 44.4 Å². The van der Waals surface area contributed by atoms with Crippen LogP contribution in [0.2, 0.25) is 0 Å². The van der Waals surface area contributed by atoms with Crippen molar-refractivity contribution in [1.29, 1.82) is 0 Å². The van der Waals surface area contributed by atoms with Crippen LogP contribution in [-0.2, 0) is 6.42 Å². The lowest BCUT2D eigenvalue weighted by molar-refractivity contribution is 0.367. The van der Waals surface area contributed by atoms with Gasteiger partial charge in [-0.25, -0.2) is 0 Å². The van der Waals surface area contributed by atoms with E-state index in [0.717, 1.165) is 19.3 Å². The van der Waals surface area contributed by atoms with Gasteiger partial charge in [-0.1, -0.05) is 26.7 Å². The summed E-state index contributed by atoms with van der Waals surface area (Å²) in [7, 11) is 0. The molecule has 0 saturated carbocycles. The van der Waals surface area contributed by atoms with Crippen LogP contribution in [0.5, 0.6) is 0 Å². The van der Waals surface area contributed by atoms with Crippen molar-refractivity contribution in [2.75, 3.05) is 0 Å². The van der Waals surface area contributed by atoms with Crippen LogP contribution in [0.4, 0.5) is 0 Å². The molecule has 0 aliphatic rings. The average Bonchev–Trinajstić information content (AvgIpc) is 2.67. The number of hydrogen-bond donors (Lipinski definition) is 1. The van der Waals surface area contributed by atoms with Crippen LogP contribution in [-0.4, -0.2) is 10.5 Å². The minimum absolute atomic E-state index is 0.0114. The highest BCUT2D eigenvalue weighted by Gasteiger charge is 2.22. The van der Waals surface area contributed by atoms with Gasteiger partial charge in [0.05, 0.1) is 5.51 Å². The van der Waals surface area contributed by atoms with Crippen molar-refractivity contribution in [3.05, 3.63) is 16.6 Å². The molecule has 1 rings (SSSR count). The highest BCUT2D eigenvalue weighted by molar-refractivity contribution is 7.09. The van der Waals surface area contributed by atoms with Gasteiger partial charge in [0.1, 0.15) is 0 Å². The van der Waals surface area contributed by atoms with Crippen molar-refractivity contribution in [2.24, 2.45) is 5.73 Å². The molecule has 2 N–H and O–H groups in total. The molecule has 1 unspecified atom stereocenters. The third-order valence-corrected chi connectivity index (χ3v) is 3.52. The first kappa shape index (κ1) is 11.7. The lowest BCUT2D eigenvalue weighted by Crippen LogP contribution is -2.41. The Morgan fingerprint density at radius 1 is 1.50 bits per heavy atom. The van der Waals surface area contributed by atoms with E-state index < -0.39 is 0 Å². The second-order valence-electron chi connectivity index (χ2n) is 3.96. The second-order valence-corrected chi connectivity index (χ2v) is 4.93. The Bertz CT molecular complexity index is 246. The van der Waals surface area contributed by atoms with Crippen LogP contribution in [0.3, 0.4) is 0 Å². The molecule has 1 aromatic heterocycles. The molecule has 0 amide bonds. The smallest absolute Gasteiger partial charge is 0.0794 e. The average molecular weight is 212 g/mol. The van der Waals surface area contributed by atoms with E-state index in [1.807, 2.05) is 11.7 Å². The Morgan fingerprint density at radius 2 is 2.29 bits per heavy atom. The molecule has 3 heteroatoms. The van der Waals surface area contributed by atoms with E-state index in [-0.39, 0.29) is 5.54 Å². The SMILES string of the molecule is CCCCC(N)(CC)Cc1cncs1. The molecule has 0 aromatic carbocycles. The summed E-state index contributed by atoms with van der Waals surface area (Å²) >= 11 is 1.71. The topological polar surface area (TPSA) is 38.9 Å². The molecule has 0 bridgehead atoms. The summed E-state index contributed by atoms with van der Waals surface area (Å²) < 4.78 is 0. The third-order valence-electron chi connectivity index (χ3n) is 2.74. The first-order valence-electron chi connectivity index (χ1n) is 5.36. The molecule has 0 aliphatic heterocycles. The van der Waals surface area contributed by atoms with Gasteiger partial charge in [0.2, 0.25) is 0 Å². The number of rotatable bonds is 6. The van der Waals surface area contributed by atoms with Crippen molar-refractivity contribution in [2.45, 2.75) is 51.5 Å². The standard InChI is InChI=1S/C11H20N2S/c1-3-5-6-11(12,4-2)7-10-8-13-9-14-10/h8-9H,3-7,12H2,1-2H3. The fraction of sp³-hybridized carbons (Fsp3) is 0.727. The van der Waals surface area contributed by atoms with Gasteiger partial charge < -0.3 is 5.73 Å². The van der Waals surface area contributed by atoms with Gasteiger partial charge in [-0.2, -0.15) is 0 Å². The summed E-state index contributed by atoms with van der Waals surface area (Å²) in [5.74, 6) is 0. The van der Waals surface area contributed by atoms with E-state index in [9.17, 15) is 0 Å². The fourth-order valence-corrected chi connectivity index (χ4v) is 2.35. The van der Waals surface area contributed by atoms with E-state index in [0.29, 0.717) is 0 Å². The van der Waals surface area contributed by atoms with Crippen LogP contribution < -0.4 is 5.73 Å². The number of aromatic nitrogens is 1. The van der Waals surface area contributed by atoms with E-state index in [2.05, 4.69) is 18.8 Å². The molecule has 0 aliphatic carbocycles. The summed E-state index contributed by atoms with van der Waals surface area (Å²) in [6, 6.07) is 0. The van der Waals surface area contributed by atoms with Crippen LogP contribution in [0, 0.1) is 0 Å². The van der Waals surface area contributed by atoms with Gasteiger partial charge in [-0.3, -0.25) is 4.98 Å². The molecule has 0 saturated heterocycles. The molecule has 2 nitrogen and oxygen atoms in total.